The summed E-state index contributed by atoms with van der Waals surface area (Å²) >= 11 is 5.79. The highest BCUT2D eigenvalue weighted by atomic mass is 35.5. The number of rotatable bonds is 3. The van der Waals surface area contributed by atoms with Gasteiger partial charge in [0.2, 0.25) is 0 Å². The summed E-state index contributed by atoms with van der Waals surface area (Å²) < 4.78 is 7.39. The Balaban J connectivity index is 1.56. The third-order valence-corrected chi connectivity index (χ3v) is 3.52. The van der Waals surface area contributed by atoms with Gasteiger partial charge in [-0.05, 0) is 30.3 Å². The summed E-state index contributed by atoms with van der Waals surface area (Å²) in [4.78, 5) is 13.9. The van der Waals surface area contributed by atoms with Gasteiger partial charge in [0.1, 0.15) is 5.75 Å². The van der Waals surface area contributed by atoms with E-state index in [1.807, 2.05) is 10.7 Å². The molecule has 1 aliphatic heterocycles. The Morgan fingerprint density at radius 1 is 1.25 bits per heavy atom. The summed E-state index contributed by atoms with van der Waals surface area (Å²) in [6.45, 7) is 2.02. The van der Waals surface area contributed by atoms with Gasteiger partial charge >= 0.3 is 0 Å². The molecule has 0 saturated carbocycles. The van der Waals surface area contributed by atoms with Gasteiger partial charge in [0.25, 0.3) is 5.91 Å². The van der Waals surface area contributed by atoms with E-state index >= 15 is 0 Å². The van der Waals surface area contributed by atoms with Crippen molar-refractivity contribution in [2.75, 3.05) is 13.2 Å². The van der Waals surface area contributed by atoms with E-state index in [1.54, 1.807) is 35.4 Å². The van der Waals surface area contributed by atoms with Crippen LogP contribution in [0.15, 0.2) is 36.5 Å². The lowest BCUT2D eigenvalue weighted by molar-refractivity contribution is -0.134. The number of carbonyl (C=O) groups is 1. The number of halogens is 1. The van der Waals surface area contributed by atoms with E-state index in [0.717, 1.165) is 12.2 Å². The molecule has 0 bridgehead atoms. The van der Waals surface area contributed by atoms with Crippen LogP contribution in [0.1, 0.15) is 5.69 Å². The average Bonchev–Trinajstić information content (AvgIpc) is 2.93. The Hall–Kier alpha value is -2.01. The van der Waals surface area contributed by atoms with Crippen molar-refractivity contribution in [3.63, 3.8) is 0 Å². The standard InChI is InChI=1S/C14H14ClN3O2/c15-11-1-3-13(4-2-11)20-10-14(19)17-7-8-18-12(9-17)5-6-16-18/h1-6H,7-10H2. The van der Waals surface area contributed by atoms with Gasteiger partial charge in [-0.15, -0.1) is 0 Å². The monoisotopic (exact) mass is 291 g/mol. The molecule has 6 heteroatoms. The van der Waals surface area contributed by atoms with Crippen LogP contribution in [-0.2, 0) is 17.9 Å². The third-order valence-electron chi connectivity index (χ3n) is 3.27. The first-order valence-electron chi connectivity index (χ1n) is 6.39. The number of amides is 1. The van der Waals surface area contributed by atoms with Crippen LogP contribution in [0.4, 0.5) is 0 Å². The molecular weight excluding hydrogens is 278 g/mol. The molecule has 0 spiro atoms. The Kier molecular flexibility index (Phi) is 3.60. The molecular formula is C14H14ClN3O2. The molecule has 1 aromatic heterocycles. The molecule has 0 saturated heterocycles. The van der Waals surface area contributed by atoms with Gasteiger partial charge in [0.05, 0.1) is 18.8 Å². The minimum absolute atomic E-state index is 0.0209. The quantitative estimate of drug-likeness (QED) is 0.868. The smallest absolute Gasteiger partial charge is 0.260 e. The highest BCUT2D eigenvalue weighted by molar-refractivity contribution is 6.30. The lowest BCUT2D eigenvalue weighted by Crippen LogP contribution is -2.40. The van der Waals surface area contributed by atoms with E-state index in [0.29, 0.717) is 23.9 Å². The first-order valence-corrected chi connectivity index (χ1v) is 6.77. The van der Waals surface area contributed by atoms with Crippen molar-refractivity contribution in [2.45, 2.75) is 13.1 Å². The number of carbonyl (C=O) groups excluding carboxylic acids is 1. The zero-order chi connectivity index (χ0) is 13.9. The molecule has 1 amide bonds. The van der Waals surface area contributed by atoms with Crippen molar-refractivity contribution in [3.05, 3.63) is 47.2 Å². The van der Waals surface area contributed by atoms with Crippen LogP contribution < -0.4 is 4.74 Å². The SMILES string of the molecule is O=C(COc1ccc(Cl)cc1)N1CCn2nccc2C1. The second kappa shape index (κ2) is 5.54. The van der Waals surface area contributed by atoms with Crippen molar-refractivity contribution in [1.82, 2.24) is 14.7 Å². The predicted octanol–water partition coefficient (Wildman–Crippen LogP) is 1.96. The van der Waals surface area contributed by atoms with Crippen LogP contribution >= 0.6 is 11.6 Å². The van der Waals surface area contributed by atoms with Gasteiger partial charge in [-0.2, -0.15) is 5.10 Å². The number of fused-ring (bicyclic) bond motifs is 1. The van der Waals surface area contributed by atoms with Crippen molar-refractivity contribution >= 4 is 17.5 Å². The van der Waals surface area contributed by atoms with Gasteiger partial charge in [-0.3, -0.25) is 9.48 Å². The van der Waals surface area contributed by atoms with Crippen LogP contribution in [0.2, 0.25) is 5.02 Å². The maximum atomic E-state index is 12.1. The highest BCUT2D eigenvalue weighted by Crippen LogP contribution is 2.16. The Bertz CT molecular complexity index is 609. The maximum Gasteiger partial charge on any atom is 0.260 e. The molecule has 2 heterocycles. The van der Waals surface area contributed by atoms with E-state index < -0.39 is 0 Å². The first-order chi connectivity index (χ1) is 9.72. The molecule has 5 nitrogen and oxygen atoms in total. The van der Waals surface area contributed by atoms with Crippen molar-refractivity contribution in [1.29, 1.82) is 0 Å². The summed E-state index contributed by atoms with van der Waals surface area (Å²) in [7, 11) is 0. The molecule has 104 valence electrons. The van der Waals surface area contributed by atoms with E-state index in [-0.39, 0.29) is 12.5 Å². The fraction of sp³-hybridized carbons (Fsp3) is 0.286. The fourth-order valence-corrected chi connectivity index (χ4v) is 2.29. The summed E-state index contributed by atoms with van der Waals surface area (Å²) in [5.74, 6) is 0.622. The summed E-state index contributed by atoms with van der Waals surface area (Å²) in [6, 6.07) is 8.91. The topological polar surface area (TPSA) is 47.4 Å². The molecule has 1 aromatic carbocycles. The third kappa shape index (κ3) is 2.77. The number of aromatic nitrogens is 2. The maximum absolute atomic E-state index is 12.1. The molecule has 0 atom stereocenters. The molecule has 0 aliphatic carbocycles. The van der Waals surface area contributed by atoms with Gasteiger partial charge in [-0.1, -0.05) is 11.6 Å². The van der Waals surface area contributed by atoms with Crippen molar-refractivity contribution in [3.8, 4) is 5.75 Å². The van der Waals surface area contributed by atoms with Crippen LogP contribution in [0.5, 0.6) is 5.75 Å². The normalized spacial score (nSPS) is 13.9. The van der Waals surface area contributed by atoms with Gasteiger partial charge < -0.3 is 9.64 Å². The van der Waals surface area contributed by atoms with Gasteiger partial charge in [-0.25, -0.2) is 0 Å². The Labute approximate surface area is 121 Å². The second-order valence-electron chi connectivity index (χ2n) is 4.60. The molecule has 0 fully saturated rings. The van der Waals surface area contributed by atoms with Crippen LogP contribution in [0.3, 0.4) is 0 Å². The Morgan fingerprint density at radius 3 is 2.85 bits per heavy atom. The lowest BCUT2D eigenvalue weighted by atomic mass is 10.3. The van der Waals surface area contributed by atoms with E-state index in [2.05, 4.69) is 5.10 Å². The van der Waals surface area contributed by atoms with E-state index in [1.165, 1.54) is 0 Å². The largest absolute Gasteiger partial charge is 0.484 e. The number of nitrogens with zero attached hydrogens (tertiary/aromatic N) is 3. The predicted molar refractivity (Wildman–Crippen MR) is 74.6 cm³/mol. The molecule has 0 unspecified atom stereocenters. The number of ether oxygens (including phenoxy) is 1. The first kappa shape index (κ1) is 13.0. The van der Waals surface area contributed by atoms with Crippen LogP contribution in [0, 0.1) is 0 Å². The molecule has 0 N–H and O–H groups in total. The molecule has 2 aromatic rings. The zero-order valence-corrected chi connectivity index (χ0v) is 11.6. The number of hydrogen-bond donors (Lipinski definition) is 0. The van der Waals surface area contributed by atoms with Gasteiger partial charge in [0.15, 0.2) is 6.61 Å². The second-order valence-corrected chi connectivity index (χ2v) is 5.04. The number of hydrogen-bond acceptors (Lipinski definition) is 3. The van der Waals surface area contributed by atoms with Gasteiger partial charge in [0, 0.05) is 17.8 Å². The molecule has 1 aliphatic rings. The zero-order valence-electron chi connectivity index (χ0n) is 10.8. The minimum atomic E-state index is -0.0209. The summed E-state index contributed by atoms with van der Waals surface area (Å²) in [5, 5.41) is 4.83. The minimum Gasteiger partial charge on any atom is -0.484 e. The number of benzene rings is 1. The molecule has 20 heavy (non-hydrogen) atoms. The van der Waals surface area contributed by atoms with Crippen molar-refractivity contribution in [2.24, 2.45) is 0 Å². The van der Waals surface area contributed by atoms with Crippen LogP contribution in [0.25, 0.3) is 0 Å². The molecule has 3 rings (SSSR count). The van der Waals surface area contributed by atoms with E-state index in [4.69, 9.17) is 16.3 Å². The fourth-order valence-electron chi connectivity index (χ4n) is 2.17. The Morgan fingerprint density at radius 2 is 2.05 bits per heavy atom. The summed E-state index contributed by atoms with van der Waals surface area (Å²) in [6.07, 6.45) is 1.76. The molecule has 0 radical (unpaired) electrons. The highest BCUT2D eigenvalue weighted by Gasteiger charge is 2.21. The van der Waals surface area contributed by atoms with Crippen LogP contribution in [-0.4, -0.2) is 33.7 Å². The average molecular weight is 292 g/mol. The van der Waals surface area contributed by atoms with E-state index in [9.17, 15) is 4.79 Å². The lowest BCUT2D eigenvalue weighted by Gasteiger charge is -2.27. The summed E-state index contributed by atoms with van der Waals surface area (Å²) in [5.41, 5.74) is 1.05. The van der Waals surface area contributed by atoms with Crippen molar-refractivity contribution < 1.29 is 9.53 Å².